The van der Waals surface area contributed by atoms with Crippen molar-refractivity contribution >= 4 is 5.69 Å². The first-order valence-electron chi connectivity index (χ1n) is 14.1. The van der Waals surface area contributed by atoms with Crippen LogP contribution in [0.3, 0.4) is 0 Å². The van der Waals surface area contributed by atoms with Gasteiger partial charge in [-0.25, -0.2) is 0 Å². The largest absolute Gasteiger partial charge is 0.528 e. The molecule has 0 aliphatic carbocycles. The van der Waals surface area contributed by atoms with Gasteiger partial charge in [-0.05, 0) is 128 Å². The Balaban J connectivity index is 1.19. The summed E-state index contributed by atoms with van der Waals surface area (Å²) in [5, 5.41) is 11.3. The van der Waals surface area contributed by atoms with Crippen LogP contribution in [0.25, 0.3) is 16.6 Å². The van der Waals surface area contributed by atoms with Crippen molar-refractivity contribution in [2.45, 2.75) is 65.6 Å². The summed E-state index contributed by atoms with van der Waals surface area (Å²) < 4.78 is 11.7. The summed E-state index contributed by atoms with van der Waals surface area (Å²) in [5.74, 6) is 1.69. The molecule has 7 nitrogen and oxygen atoms in total. The van der Waals surface area contributed by atoms with Gasteiger partial charge in [0.2, 0.25) is 0 Å². The number of benzene rings is 3. The molecule has 7 heteroatoms. The average molecular weight is 527 g/mol. The Labute approximate surface area is 232 Å². The Morgan fingerprint density at radius 3 is 2.49 bits per heavy atom. The van der Waals surface area contributed by atoms with Crippen molar-refractivity contribution in [2.75, 3.05) is 25.1 Å². The number of hydrogen-bond acceptors (Lipinski definition) is 6. The van der Waals surface area contributed by atoms with Crippen molar-refractivity contribution in [3.8, 4) is 16.9 Å². The molecule has 1 unspecified atom stereocenters. The predicted molar refractivity (Wildman–Crippen MR) is 157 cm³/mol. The molecular formula is C32H40N5O2-. The maximum Gasteiger partial charge on any atom is 0.119 e. The zero-order valence-corrected chi connectivity index (χ0v) is 23.4. The normalized spacial score (nSPS) is 17.3. The van der Waals surface area contributed by atoms with Crippen molar-refractivity contribution in [3.05, 3.63) is 87.8 Å². The lowest BCUT2D eigenvalue weighted by molar-refractivity contribution is 0.0593. The lowest BCUT2D eigenvalue weighted by Crippen LogP contribution is -2.17. The Morgan fingerprint density at radius 1 is 1.00 bits per heavy atom. The van der Waals surface area contributed by atoms with Gasteiger partial charge >= 0.3 is 0 Å². The maximum atomic E-state index is 6.19. The predicted octanol–water partition coefficient (Wildman–Crippen LogP) is 7.60. The lowest BCUT2D eigenvalue weighted by atomic mass is 9.90. The van der Waals surface area contributed by atoms with E-state index in [0.717, 1.165) is 75.8 Å². The van der Waals surface area contributed by atoms with Gasteiger partial charge in [-0.3, -0.25) is 0 Å². The van der Waals surface area contributed by atoms with Crippen LogP contribution in [0.2, 0.25) is 0 Å². The zero-order chi connectivity index (χ0) is 27.0. The fraction of sp³-hybridized carbons (Fsp3) is 0.438. The molecule has 0 amide bonds. The molecule has 2 aliphatic heterocycles. The highest BCUT2D eigenvalue weighted by atomic mass is 16.5. The highest BCUT2D eigenvalue weighted by molar-refractivity contribution is 5.75. The van der Waals surface area contributed by atoms with Crippen LogP contribution in [0.15, 0.2) is 64.9 Å². The number of anilines is 1. The number of rotatable bonds is 11. The molecule has 39 heavy (non-hydrogen) atoms. The Kier molecular flexibility index (Phi) is 9.12. The van der Waals surface area contributed by atoms with E-state index in [1.165, 1.54) is 38.9 Å². The molecule has 206 valence electrons. The highest BCUT2D eigenvalue weighted by Gasteiger charge is 2.15. The van der Waals surface area contributed by atoms with Gasteiger partial charge < -0.3 is 25.8 Å². The van der Waals surface area contributed by atoms with Crippen LogP contribution in [0, 0.1) is 26.7 Å². The van der Waals surface area contributed by atoms with E-state index in [-0.39, 0.29) is 6.17 Å². The molecule has 0 radical (unpaired) electrons. The van der Waals surface area contributed by atoms with Crippen LogP contribution in [-0.2, 0) is 17.7 Å². The average Bonchev–Trinajstić information content (AvgIpc) is 3.47. The van der Waals surface area contributed by atoms with Gasteiger partial charge in [0.15, 0.2) is 0 Å². The molecule has 0 aromatic heterocycles. The van der Waals surface area contributed by atoms with Crippen molar-refractivity contribution < 1.29 is 9.47 Å². The molecule has 3 aromatic rings. The van der Waals surface area contributed by atoms with Crippen molar-refractivity contribution in [2.24, 2.45) is 16.3 Å². The Morgan fingerprint density at radius 2 is 1.77 bits per heavy atom. The highest BCUT2D eigenvalue weighted by Crippen LogP contribution is 2.34. The van der Waals surface area contributed by atoms with E-state index in [1.54, 1.807) is 0 Å². The van der Waals surface area contributed by atoms with Gasteiger partial charge in [-0.15, -0.1) is 0 Å². The molecule has 1 saturated heterocycles. The molecule has 2 N–H and O–H groups in total. The Bertz CT molecular complexity index is 1250. The fourth-order valence-electron chi connectivity index (χ4n) is 5.57. The third-order valence-electron chi connectivity index (χ3n) is 7.93. The number of hydrogen-bond donors (Lipinski definition) is 2. The van der Waals surface area contributed by atoms with E-state index < -0.39 is 0 Å². The van der Waals surface area contributed by atoms with Gasteiger partial charge in [-0.2, -0.15) is 5.11 Å². The summed E-state index contributed by atoms with van der Waals surface area (Å²) in [6.07, 6.45) is 5.11. The van der Waals surface area contributed by atoms with Gasteiger partial charge in [0.1, 0.15) is 5.75 Å². The van der Waals surface area contributed by atoms with Crippen LogP contribution in [0.1, 0.15) is 53.5 Å². The molecule has 2 heterocycles. The monoisotopic (exact) mass is 526 g/mol. The van der Waals surface area contributed by atoms with Gasteiger partial charge in [-0.1, -0.05) is 35.6 Å². The number of nitrogens with one attached hydrogen (secondary N) is 2. The molecule has 0 saturated carbocycles. The topological polar surface area (TPSA) is 81.3 Å². The van der Waals surface area contributed by atoms with Crippen molar-refractivity contribution in [3.63, 3.8) is 0 Å². The van der Waals surface area contributed by atoms with Crippen LogP contribution < -0.4 is 15.6 Å². The summed E-state index contributed by atoms with van der Waals surface area (Å²) in [4.78, 5) is 0. The standard InChI is InChI=1S/C32H40N5O2/c1-22-19-29(39-18-15-26-13-16-38-17-14-26)20-23(2)32(22)30-6-4-5-27(24(30)3)21-33-28-10-7-25(8-11-28)9-12-31-34-36-37-35-31/h4-8,10-11,19-20,26,31,33H,9,12-18,21H2,1-3H3,(H-,34,35,36,37)/q-1. The minimum atomic E-state index is -0.0730. The Hall–Kier alpha value is -3.42. The van der Waals surface area contributed by atoms with E-state index in [2.05, 4.69) is 102 Å². The fourth-order valence-corrected chi connectivity index (χ4v) is 5.57. The molecule has 1 fully saturated rings. The van der Waals surface area contributed by atoms with Crippen molar-refractivity contribution in [1.29, 1.82) is 0 Å². The first kappa shape index (κ1) is 27.2. The summed E-state index contributed by atoms with van der Waals surface area (Å²) in [7, 11) is 0. The molecule has 0 bridgehead atoms. The van der Waals surface area contributed by atoms with Gasteiger partial charge in [0.05, 0.1) is 6.61 Å². The first-order valence-corrected chi connectivity index (χ1v) is 14.1. The van der Waals surface area contributed by atoms with Crippen LogP contribution >= 0.6 is 0 Å². The quantitative estimate of drug-likeness (QED) is 0.269. The van der Waals surface area contributed by atoms with E-state index >= 15 is 0 Å². The maximum absolute atomic E-state index is 6.19. The van der Waals surface area contributed by atoms with E-state index in [9.17, 15) is 0 Å². The van der Waals surface area contributed by atoms with E-state index in [0.29, 0.717) is 0 Å². The SMILES string of the molecule is Cc1cc(OCCC2CCOCC2)cc(C)c1-c1cccc(CNc2ccc(CCC3N=NN[N-]3)cc2)c1C. The molecule has 1 atom stereocenters. The third-order valence-corrected chi connectivity index (χ3v) is 7.93. The second-order valence-corrected chi connectivity index (χ2v) is 10.7. The second kappa shape index (κ2) is 13.1. The van der Waals surface area contributed by atoms with Crippen LogP contribution in [0.4, 0.5) is 5.69 Å². The molecular weight excluding hydrogens is 486 g/mol. The third kappa shape index (κ3) is 7.16. The lowest BCUT2D eigenvalue weighted by Gasteiger charge is -2.22. The summed E-state index contributed by atoms with van der Waals surface area (Å²) >= 11 is 0. The van der Waals surface area contributed by atoms with Crippen LogP contribution in [0.5, 0.6) is 5.75 Å². The van der Waals surface area contributed by atoms with E-state index in [4.69, 9.17) is 9.47 Å². The van der Waals surface area contributed by atoms with E-state index in [1.807, 2.05) is 0 Å². The molecule has 5 rings (SSSR count). The minimum Gasteiger partial charge on any atom is -0.528 e. The minimum absolute atomic E-state index is 0.0730. The number of nitrogens with zero attached hydrogens (tertiary/aromatic N) is 3. The second-order valence-electron chi connectivity index (χ2n) is 10.7. The van der Waals surface area contributed by atoms with Crippen LogP contribution in [-0.4, -0.2) is 26.0 Å². The van der Waals surface area contributed by atoms with Gasteiger partial charge in [0, 0.05) is 25.4 Å². The molecule has 2 aliphatic rings. The summed E-state index contributed by atoms with van der Waals surface area (Å²) in [6, 6.07) is 19.6. The smallest absolute Gasteiger partial charge is 0.119 e. The molecule has 3 aromatic carbocycles. The summed E-state index contributed by atoms with van der Waals surface area (Å²) in [5.41, 5.74) is 16.8. The zero-order valence-electron chi connectivity index (χ0n) is 23.4. The number of ether oxygens (including phenoxy) is 2. The first-order chi connectivity index (χ1) is 19.1. The summed E-state index contributed by atoms with van der Waals surface area (Å²) in [6.45, 7) is 9.94. The van der Waals surface area contributed by atoms with Gasteiger partial charge in [0.25, 0.3) is 0 Å². The van der Waals surface area contributed by atoms with Crippen molar-refractivity contribution in [1.82, 2.24) is 5.53 Å². The number of aryl methyl sites for hydroxylation is 3. The molecule has 0 spiro atoms.